The molecule has 0 aliphatic rings. The van der Waals surface area contributed by atoms with E-state index in [1.807, 2.05) is 18.4 Å². The summed E-state index contributed by atoms with van der Waals surface area (Å²) >= 11 is 4.99. The van der Waals surface area contributed by atoms with Crippen molar-refractivity contribution < 1.29 is 9.18 Å². The number of rotatable bonds is 5. The van der Waals surface area contributed by atoms with Crippen molar-refractivity contribution in [3.63, 3.8) is 0 Å². The Bertz CT molecular complexity index is 582. The monoisotopic (exact) mass is 355 g/mol. The summed E-state index contributed by atoms with van der Waals surface area (Å²) in [6.45, 7) is 2.51. The summed E-state index contributed by atoms with van der Waals surface area (Å²) < 4.78 is 13.9. The minimum absolute atomic E-state index is 0.00588. The highest BCUT2D eigenvalue weighted by Crippen LogP contribution is 2.21. The molecule has 2 rings (SSSR count). The Morgan fingerprint density at radius 2 is 2.10 bits per heavy atom. The van der Waals surface area contributed by atoms with E-state index in [1.165, 1.54) is 12.1 Å². The second-order valence-electron chi connectivity index (χ2n) is 4.66. The number of nitrogens with one attached hydrogen (secondary N) is 1. The molecule has 0 aliphatic carbocycles. The van der Waals surface area contributed by atoms with Crippen molar-refractivity contribution in [3.05, 3.63) is 56.4 Å². The smallest absolute Gasteiger partial charge is 0.220 e. The molecule has 0 spiro atoms. The Kier molecular flexibility index (Phi) is 5.31. The predicted octanol–water partition coefficient (Wildman–Crippen LogP) is 4.46. The molecule has 0 fully saturated rings. The molecule has 5 heteroatoms. The number of carbonyl (C=O) groups excluding carboxylic acids is 1. The van der Waals surface area contributed by atoms with Gasteiger partial charge in [0.05, 0.1) is 6.54 Å². The van der Waals surface area contributed by atoms with E-state index in [1.54, 1.807) is 23.5 Å². The number of hydrogen-bond donors (Lipinski definition) is 1. The highest BCUT2D eigenvalue weighted by atomic mass is 79.9. The number of amides is 1. The summed E-state index contributed by atoms with van der Waals surface area (Å²) in [6, 6.07) is 8.29. The van der Waals surface area contributed by atoms with Gasteiger partial charge in [-0.15, -0.1) is 11.3 Å². The summed E-state index contributed by atoms with van der Waals surface area (Å²) in [4.78, 5) is 13.0. The van der Waals surface area contributed by atoms with Crippen LogP contribution in [0.1, 0.15) is 29.7 Å². The average Bonchev–Trinajstić information content (AvgIpc) is 2.83. The molecule has 20 heavy (non-hydrogen) atoms. The Labute approximate surface area is 130 Å². The van der Waals surface area contributed by atoms with Crippen LogP contribution in [0.3, 0.4) is 0 Å². The molecule has 1 aromatic carbocycles. The van der Waals surface area contributed by atoms with Crippen molar-refractivity contribution in [1.29, 1.82) is 0 Å². The van der Waals surface area contributed by atoms with Crippen LogP contribution < -0.4 is 5.32 Å². The maximum absolute atomic E-state index is 12.8. The summed E-state index contributed by atoms with van der Waals surface area (Å²) in [7, 11) is 0. The first-order chi connectivity index (χ1) is 9.54. The first kappa shape index (κ1) is 15.2. The van der Waals surface area contributed by atoms with Gasteiger partial charge < -0.3 is 5.32 Å². The predicted molar refractivity (Wildman–Crippen MR) is 83.3 cm³/mol. The molecular weight excluding hydrogens is 341 g/mol. The van der Waals surface area contributed by atoms with Gasteiger partial charge in [-0.05, 0) is 45.6 Å². The van der Waals surface area contributed by atoms with E-state index in [4.69, 9.17) is 0 Å². The van der Waals surface area contributed by atoms with Crippen molar-refractivity contribution in [2.24, 2.45) is 0 Å². The first-order valence-electron chi connectivity index (χ1n) is 6.29. The maximum atomic E-state index is 12.8. The van der Waals surface area contributed by atoms with Crippen molar-refractivity contribution in [3.8, 4) is 0 Å². The van der Waals surface area contributed by atoms with Crippen LogP contribution in [0.25, 0.3) is 0 Å². The molecule has 1 N–H and O–H groups in total. The highest BCUT2D eigenvalue weighted by Gasteiger charge is 2.11. The average molecular weight is 356 g/mol. The Hall–Kier alpha value is -1.20. The standard InChI is InChI=1S/C15H15BrFNOS/c1-10(11-2-4-13(17)5-3-11)6-15(19)18-8-14-7-12(16)9-20-14/h2-5,7,9-10H,6,8H2,1H3,(H,18,19). The highest BCUT2D eigenvalue weighted by molar-refractivity contribution is 9.10. The number of thiophene rings is 1. The number of halogens is 2. The second kappa shape index (κ2) is 6.99. The molecule has 0 radical (unpaired) electrons. The van der Waals surface area contributed by atoms with Gasteiger partial charge >= 0.3 is 0 Å². The SMILES string of the molecule is CC(CC(=O)NCc1cc(Br)cs1)c1ccc(F)cc1. The van der Waals surface area contributed by atoms with Gasteiger partial charge in [0.25, 0.3) is 0 Å². The third-order valence-electron chi connectivity index (χ3n) is 3.01. The molecule has 1 heterocycles. The topological polar surface area (TPSA) is 29.1 Å². The van der Waals surface area contributed by atoms with Gasteiger partial charge in [0.15, 0.2) is 0 Å². The lowest BCUT2D eigenvalue weighted by Gasteiger charge is -2.11. The van der Waals surface area contributed by atoms with Crippen LogP contribution in [0, 0.1) is 5.82 Å². The van der Waals surface area contributed by atoms with E-state index in [0.717, 1.165) is 14.9 Å². The fourth-order valence-electron chi connectivity index (χ4n) is 1.89. The largest absolute Gasteiger partial charge is 0.351 e. The third-order valence-corrected chi connectivity index (χ3v) is 4.71. The summed E-state index contributed by atoms with van der Waals surface area (Å²) in [5.74, 6) is -0.175. The van der Waals surface area contributed by atoms with Crippen LogP contribution >= 0.6 is 27.3 Å². The molecule has 0 bridgehead atoms. The van der Waals surface area contributed by atoms with Gasteiger partial charge in [-0.25, -0.2) is 4.39 Å². The van der Waals surface area contributed by atoms with Crippen LogP contribution in [-0.2, 0) is 11.3 Å². The van der Waals surface area contributed by atoms with Crippen LogP contribution in [-0.4, -0.2) is 5.91 Å². The molecule has 0 aliphatic heterocycles. The zero-order valence-electron chi connectivity index (χ0n) is 11.0. The zero-order valence-corrected chi connectivity index (χ0v) is 13.4. The molecule has 106 valence electrons. The van der Waals surface area contributed by atoms with Crippen molar-refractivity contribution in [1.82, 2.24) is 5.32 Å². The van der Waals surface area contributed by atoms with E-state index in [9.17, 15) is 9.18 Å². The van der Waals surface area contributed by atoms with E-state index in [-0.39, 0.29) is 17.6 Å². The molecule has 0 saturated carbocycles. The fraction of sp³-hybridized carbons (Fsp3) is 0.267. The zero-order chi connectivity index (χ0) is 14.5. The van der Waals surface area contributed by atoms with Crippen molar-refractivity contribution in [2.75, 3.05) is 0 Å². The minimum Gasteiger partial charge on any atom is -0.351 e. The second-order valence-corrected chi connectivity index (χ2v) is 6.58. The third kappa shape index (κ3) is 4.42. The normalized spacial score (nSPS) is 12.2. The molecule has 0 saturated heterocycles. The summed E-state index contributed by atoms with van der Waals surface area (Å²) in [5, 5.41) is 4.89. The molecule has 1 atom stereocenters. The Balaban J connectivity index is 1.83. The van der Waals surface area contributed by atoms with Crippen molar-refractivity contribution >= 4 is 33.2 Å². The maximum Gasteiger partial charge on any atom is 0.220 e. The molecule has 1 aromatic heterocycles. The van der Waals surface area contributed by atoms with Gasteiger partial charge in [-0.1, -0.05) is 19.1 Å². The Morgan fingerprint density at radius 1 is 1.40 bits per heavy atom. The van der Waals surface area contributed by atoms with Gasteiger partial charge in [0.2, 0.25) is 5.91 Å². The lowest BCUT2D eigenvalue weighted by molar-refractivity contribution is -0.121. The van der Waals surface area contributed by atoms with E-state index in [0.29, 0.717) is 13.0 Å². The number of carbonyl (C=O) groups is 1. The van der Waals surface area contributed by atoms with Crippen molar-refractivity contribution in [2.45, 2.75) is 25.8 Å². The van der Waals surface area contributed by atoms with E-state index in [2.05, 4.69) is 21.2 Å². The van der Waals surface area contributed by atoms with Crippen LogP contribution in [0.15, 0.2) is 40.2 Å². The van der Waals surface area contributed by atoms with Crippen LogP contribution in [0.5, 0.6) is 0 Å². The van der Waals surface area contributed by atoms with Gasteiger partial charge in [-0.3, -0.25) is 4.79 Å². The first-order valence-corrected chi connectivity index (χ1v) is 7.97. The molecular formula is C15H15BrFNOS. The quantitative estimate of drug-likeness (QED) is 0.842. The molecule has 2 nitrogen and oxygen atoms in total. The lowest BCUT2D eigenvalue weighted by Crippen LogP contribution is -2.23. The number of hydrogen-bond acceptors (Lipinski definition) is 2. The fourth-order valence-corrected chi connectivity index (χ4v) is 3.28. The van der Waals surface area contributed by atoms with Gasteiger partial charge in [0, 0.05) is 21.2 Å². The van der Waals surface area contributed by atoms with E-state index >= 15 is 0 Å². The number of benzene rings is 1. The van der Waals surface area contributed by atoms with Gasteiger partial charge in [-0.2, -0.15) is 0 Å². The molecule has 1 amide bonds. The van der Waals surface area contributed by atoms with Gasteiger partial charge in [0.1, 0.15) is 5.82 Å². The Morgan fingerprint density at radius 3 is 2.70 bits per heavy atom. The molecule has 1 unspecified atom stereocenters. The van der Waals surface area contributed by atoms with Crippen LogP contribution in [0.4, 0.5) is 4.39 Å². The summed E-state index contributed by atoms with van der Waals surface area (Å²) in [6.07, 6.45) is 0.401. The summed E-state index contributed by atoms with van der Waals surface area (Å²) in [5.41, 5.74) is 0.973. The lowest BCUT2D eigenvalue weighted by atomic mass is 9.97. The van der Waals surface area contributed by atoms with E-state index < -0.39 is 0 Å². The molecule has 2 aromatic rings. The van der Waals surface area contributed by atoms with Crippen LogP contribution in [0.2, 0.25) is 0 Å². The minimum atomic E-state index is -0.256.